The van der Waals surface area contributed by atoms with Crippen LogP contribution in [0, 0.1) is 0 Å². The molecular formula is C18H32NO2PS. The number of hydrogen-bond donors (Lipinski definition) is 1. The van der Waals surface area contributed by atoms with E-state index in [-0.39, 0.29) is 0 Å². The zero-order valence-corrected chi connectivity index (χ0v) is 16.6. The summed E-state index contributed by atoms with van der Waals surface area (Å²) >= 11 is 0. The molecule has 0 saturated carbocycles. The smallest absolute Gasteiger partial charge is 0.207 e. The van der Waals surface area contributed by atoms with Crippen molar-refractivity contribution in [2.75, 3.05) is 12.3 Å². The maximum atomic E-state index is 12.6. The maximum absolute atomic E-state index is 12.6. The molecule has 0 amide bonds. The van der Waals surface area contributed by atoms with E-state index in [0.717, 1.165) is 57.3 Å². The molecule has 0 radical (unpaired) electrons. The first-order valence-electron chi connectivity index (χ1n) is 8.89. The van der Waals surface area contributed by atoms with Crippen LogP contribution < -0.4 is 4.49 Å². The predicted octanol–water partition coefficient (Wildman–Crippen LogP) is 5.30. The largest absolute Gasteiger partial charge is 0.243 e. The highest BCUT2D eigenvalue weighted by molar-refractivity contribution is 7.95. The van der Waals surface area contributed by atoms with E-state index >= 15 is 0 Å². The summed E-state index contributed by atoms with van der Waals surface area (Å²) in [5.74, 6) is 0. The summed E-state index contributed by atoms with van der Waals surface area (Å²) in [6, 6.07) is 7.40. The Balaban J connectivity index is 2.74. The number of sulfonamides is 1. The Bertz CT molecular complexity index is 520. The third-order valence-electron chi connectivity index (χ3n) is 3.87. The lowest BCUT2D eigenvalue weighted by Crippen LogP contribution is -2.21. The topological polar surface area (TPSA) is 46.2 Å². The average Bonchev–Trinajstić information content (AvgIpc) is 2.55. The molecule has 0 atom stereocenters. The first-order chi connectivity index (χ1) is 11.0. The van der Waals surface area contributed by atoms with E-state index in [2.05, 4.69) is 25.3 Å². The van der Waals surface area contributed by atoms with E-state index in [1.165, 1.54) is 5.56 Å². The van der Waals surface area contributed by atoms with Crippen molar-refractivity contribution in [3.8, 4) is 0 Å². The molecule has 0 aliphatic heterocycles. The highest BCUT2D eigenvalue weighted by Crippen LogP contribution is 2.35. The first kappa shape index (κ1) is 20.6. The van der Waals surface area contributed by atoms with Gasteiger partial charge in [0.1, 0.15) is 0 Å². The Morgan fingerprint density at radius 2 is 1.39 bits per heavy atom. The van der Waals surface area contributed by atoms with Gasteiger partial charge < -0.3 is 0 Å². The second-order valence-electron chi connectivity index (χ2n) is 6.04. The third-order valence-corrected chi connectivity index (χ3v) is 8.46. The summed E-state index contributed by atoms with van der Waals surface area (Å²) in [5, 5.41) is 0. The number of unbranched alkanes of at least 4 members (excludes halogenated alkanes) is 3. The van der Waals surface area contributed by atoms with Crippen molar-refractivity contribution in [3.05, 3.63) is 29.8 Å². The summed E-state index contributed by atoms with van der Waals surface area (Å²) < 4.78 is 28.2. The fourth-order valence-corrected chi connectivity index (χ4v) is 6.97. The van der Waals surface area contributed by atoms with Crippen LogP contribution in [0.25, 0.3) is 0 Å². The van der Waals surface area contributed by atoms with Crippen LogP contribution in [0.5, 0.6) is 0 Å². The van der Waals surface area contributed by atoms with E-state index in [9.17, 15) is 8.42 Å². The standard InChI is InChI=1S/C18H32NO2PS/c1-4-7-10-17-11-13-18(14-12-17)23(20,21)19-22(15-8-5-2)16-9-6-3/h11-14,19H,4-10,15-16H2,1-3H3. The third kappa shape index (κ3) is 7.78. The van der Waals surface area contributed by atoms with Gasteiger partial charge in [0, 0.05) is 0 Å². The molecule has 1 aromatic rings. The molecule has 23 heavy (non-hydrogen) atoms. The quantitative estimate of drug-likeness (QED) is 0.516. The van der Waals surface area contributed by atoms with Gasteiger partial charge in [-0.3, -0.25) is 0 Å². The van der Waals surface area contributed by atoms with Crippen LogP contribution in [-0.4, -0.2) is 20.7 Å². The van der Waals surface area contributed by atoms with E-state index in [1.54, 1.807) is 12.1 Å². The van der Waals surface area contributed by atoms with Crippen LogP contribution in [0.4, 0.5) is 0 Å². The van der Waals surface area contributed by atoms with Crippen LogP contribution in [0.3, 0.4) is 0 Å². The number of rotatable bonds is 12. The van der Waals surface area contributed by atoms with E-state index in [1.807, 2.05) is 12.1 Å². The lowest BCUT2D eigenvalue weighted by molar-refractivity contribution is 0.593. The molecule has 1 rings (SSSR count). The van der Waals surface area contributed by atoms with E-state index in [0.29, 0.717) is 4.90 Å². The molecule has 0 spiro atoms. The normalized spacial score (nSPS) is 12.0. The van der Waals surface area contributed by atoms with Crippen LogP contribution in [0.15, 0.2) is 29.2 Å². The van der Waals surface area contributed by atoms with Gasteiger partial charge >= 0.3 is 0 Å². The van der Waals surface area contributed by atoms with Crippen LogP contribution in [0.1, 0.15) is 64.9 Å². The van der Waals surface area contributed by atoms with Crippen molar-refractivity contribution in [3.63, 3.8) is 0 Å². The van der Waals surface area contributed by atoms with Crippen LogP contribution in [0.2, 0.25) is 0 Å². The van der Waals surface area contributed by atoms with Gasteiger partial charge in [-0.15, -0.1) is 0 Å². The molecule has 0 heterocycles. The van der Waals surface area contributed by atoms with Gasteiger partial charge in [-0.25, -0.2) is 8.42 Å². The Hall–Kier alpha value is -0.440. The Morgan fingerprint density at radius 3 is 1.87 bits per heavy atom. The molecule has 1 N–H and O–H groups in total. The van der Waals surface area contributed by atoms with E-state index in [4.69, 9.17) is 0 Å². The molecule has 0 aromatic heterocycles. The molecule has 1 aromatic carbocycles. The number of aryl methyl sites for hydroxylation is 1. The SMILES string of the molecule is CCCCc1ccc(S(=O)(=O)NP(CCCC)CCCC)cc1. The summed E-state index contributed by atoms with van der Waals surface area (Å²) in [6.07, 6.45) is 9.69. The van der Waals surface area contributed by atoms with E-state index < -0.39 is 18.1 Å². The monoisotopic (exact) mass is 357 g/mol. The Labute approximate surface area is 144 Å². The zero-order valence-electron chi connectivity index (χ0n) is 14.8. The van der Waals surface area contributed by atoms with Gasteiger partial charge in [0.25, 0.3) is 0 Å². The molecule has 0 unspecified atom stereocenters. The Morgan fingerprint density at radius 1 is 0.870 bits per heavy atom. The maximum Gasteiger partial charge on any atom is 0.243 e. The van der Waals surface area contributed by atoms with Crippen LogP contribution >= 0.6 is 8.07 Å². The van der Waals surface area contributed by atoms with Gasteiger partial charge in [-0.2, -0.15) is 4.49 Å². The minimum atomic E-state index is -3.38. The molecule has 0 saturated heterocycles. The molecular weight excluding hydrogens is 325 g/mol. The first-order valence-corrected chi connectivity index (χ1v) is 12.1. The molecule has 0 aliphatic carbocycles. The van der Waals surface area contributed by atoms with Crippen molar-refractivity contribution < 1.29 is 8.42 Å². The number of hydrogen-bond acceptors (Lipinski definition) is 2. The van der Waals surface area contributed by atoms with Crippen molar-refractivity contribution in [1.82, 2.24) is 4.49 Å². The van der Waals surface area contributed by atoms with Crippen LogP contribution in [-0.2, 0) is 16.4 Å². The summed E-state index contributed by atoms with van der Waals surface area (Å²) in [7, 11) is -4.02. The second kappa shape index (κ2) is 11.2. The Kier molecular flexibility index (Phi) is 10.0. The van der Waals surface area contributed by atoms with Crippen molar-refractivity contribution in [2.24, 2.45) is 0 Å². The van der Waals surface area contributed by atoms with Gasteiger partial charge in [-0.05, 0) is 63.8 Å². The zero-order chi connectivity index (χ0) is 17.1. The van der Waals surface area contributed by atoms with Gasteiger partial charge in [0.15, 0.2) is 0 Å². The number of benzene rings is 1. The van der Waals surface area contributed by atoms with Crippen molar-refractivity contribution in [1.29, 1.82) is 0 Å². The second-order valence-corrected chi connectivity index (χ2v) is 10.2. The van der Waals surface area contributed by atoms with Crippen molar-refractivity contribution in [2.45, 2.75) is 70.6 Å². The summed E-state index contributed by atoms with van der Waals surface area (Å²) in [6.45, 7) is 6.46. The lowest BCUT2D eigenvalue weighted by Gasteiger charge is -2.19. The fraction of sp³-hybridized carbons (Fsp3) is 0.667. The minimum absolute atomic E-state index is 0.401. The summed E-state index contributed by atoms with van der Waals surface area (Å²) in [5.41, 5.74) is 1.21. The fourth-order valence-electron chi connectivity index (χ4n) is 2.34. The summed E-state index contributed by atoms with van der Waals surface area (Å²) in [4.78, 5) is 0.401. The molecule has 0 fully saturated rings. The molecule has 0 bridgehead atoms. The van der Waals surface area contributed by atoms with Crippen molar-refractivity contribution >= 4 is 18.1 Å². The average molecular weight is 358 g/mol. The number of nitrogens with one attached hydrogen (secondary N) is 1. The molecule has 0 aliphatic rings. The molecule has 132 valence electrons. The predicted molar refractivity (Wildman–Crippen MR) is 102 cm³/mol. The van der Waals surface area contributed by atoms with Gasteiger partial charge in [-0.1, -0.05) is 52.2 Å². The highest BCUT2D eigenvalue weighted by Gasteiger charge is 2.19. The lowest BCUT2D eigenvalue weighted by atomic mass is 10.1. The van der Waals surface area contributed by atoms with Gasteiger partial charge in [0.2, 0.25) is 10.0 Å². The highest BCUT2D eigenvalue weighted by atomic mass is 32.2. The minimum Gasteiger partial charge on any atom is -0.207 e. The van der Waals surface area contributed by atoms with Gasteiger partial charge in [0.05, 0.1) is 4.90 Å². The molecule has 5 heteroatoms. The molecule has 3 nitrogen and oxygen atoms in total.